The molecule has 0 N–H and O–H groups in total. The van der Waals surface area contributed by atoms with E-state index in [0.717, 1.165) is 23.7 Å². The van der Waals surface area contributed by atoms with Gasteiger partial charge in [-0.2, -0.15) is 5.26 Å². The van der Waals surface area contributed by atoms with E-state index in [1.165, 1.54) is 19.3 Å². The van der Waals surface area contributed by atoms with Crippen LogP contribution in [0.1, 0.15) is 25.7 Å². The highest BCUT2D eigenvalue weighted by Crippen LogP contribution is 2.69. The molecule has 0 aromatic heterocycles. The van der Waals surface area contributed by atoms with Crippen molar-refractivity contribution in [3.05, 3.63) is 0 Å². The largest absolute Gasteiger partial charge is 0.344 e. The lowest BCUT2D eigenvalue weighted by Gasteiger charge is -2.17. The van der Waals surface area contributed by atoms with E-state index in [9.17, 15) is 4.79 Å². The zero-order valence-electron chi connectivity index (χ0n) is 9.72. The van der Waals surface area contributed by atoms with Gasteiger partial charge in [0.2, 0.25) is 5.91 Å². The van der Waals surface area contributed by atoms with Gasteiger partial charge < -0.3 is 4.90 Å². The third kappa shape index (κ3) is 1.29. The van der Waals surface area contributed by atoms with E-state index in [1.54, 1.807) is 4.90 Å². The van der Waals surface area contributed by atoms with Crippen LogP contribution in [-0.2, 0) is 4.79 Å². The molecule has 3 saturated carbocycles. The Hall–Kier alpha value is -1.04. The molecule has 0 saturated heterocycles. The van der Waals surface area contributed by atoms with Gasteiger partial charge in [0.15, 0.2) is 0 Å². The second-order valence-electron chi connectivity index (χ2n) is 5.68. The number of rotatable bonds is 3. The molecule has 2 bridgehead atoms. The maximum Gasteiger partial charge on any atom is 0.226 e. The van der Waals surface area contributed by atoms with Gasteiger partial charge in [-0.25, -0.2) is 0 Å². The molecule has 0 radical (unpaired) electrons. The highest BCUT2D eigenvalue weighted by molar-refractivity contribution is 5.82. The Morgan fingerprint density at radius 2 is 2.00 bits per heavy atom. The summed E-state index contributed by atoms with van der Waals surface area (Å²) in [6, 6.07) is 2.10. The van der Waals surface area contributed by atoms with Crippen molar-refractivity contribution < 1.29 is 4.79 Å². The second-order valence-corrected chi connectivity index (χ2v) is 5.68. The quantitative estimate of drug-likeness (QED) is 0.723. The number of hydrogen-bond donors (Lipinski definition) is 0. The molecule has 3 rings (SSSR count). The summed E-state index contributed by atoms with van der Waals surface area (Å²) in [5.74, 6) is 3.78. The second kappa shape index (κ2) is 3.48. The number of carbonyl (C=O) groups excluding carboxylic acids is 1. The number of amides is 1. The minimum Gasteiger partial charge on any atom is -0.344 e. The lowest BCUT2D eigenvalue weighted by Crippen LogP contribution is -2.30. The van der Waals surface area contributed by atoms with E-state index in [1.807, 2.05) is 7.05 Å². The number of nitriles is 1. The third-order valence-electron chi connectivity index (χ3n) is 4.96. The first kappa shape index (κ1) is 10.1. The molecule has 0 aromatic carbocycles. The van der Waals surface area contributed by atoms with Crippen LogP contribution in [-0.4, -0.2) is 24.4 Å². The van der Waals surface area contributed by atoms with Gasteiger partial charge >= 0.3 is 0 Å². The van der Waals surface area contributed by atoms with Gasteiger partial charge in [-0.1, -0.05) is 0 Å². The van der Waals surface area contributed by atoms with E-state index in [4.69, 9.17) is 5.26 Å². The number of nitrogens with zero attached hydrogens (tertiary/aromatic N) is 2. The van der Waals surface area contributed by atoms with E-state index in [-0.39, 0.29) is 0 Å². The van der Waals surface area contributed by atoms with Gasteiger partial charge in [0.25, 0.3) is 0 Å². The first-order valence-corrected chi connectivity index (χ1v) is 6.36. The molecule has 0 spiro atoms. The minimum atomic E-state index is 0.307. The summed E-state index contributed by atoms with van der Waals surface area (Å²) in [4.78, 5) is 13.9. The van der Waals surface area contributed by atoms with Crippen LogP contribution < -0.4 is 0 Å². The average molecular weight is 218 g/mol. The fourth-order valence-corrected chi connectivity index (χ4v) is 4.24. The van der Waals surface area contributed by atoms with Gasteiger partial charge in [-0.15, -0.1) is 0 Å². The van der Waals surface area contributed by atoms with Crippen molar-refractivity contribution in [3.63, 3.8) is 0 Å². The Labute approximate surface area is 96.4 Å². The Morgan fingerprint density at radius 3 is 2.56 bits per heavy atom. The Balaban J connectivity index is 1.60. The molecule has 0 aliphatic heterocycles. The summed E-state index contributed by atoms with van der Waals surface area (Å²) in [5.41, 5.74) is 0. The zero-order chi connectivity index (χ0) is 11.3. The molecular formula is C13H18N2O. The van der Waals surface area contributed by atoms with Crippen molar-refractivity contribution in [1.29, 1.82) is 5.26 Å². The van der Waals surface area contributed by atoms with Crippen molar-refractivity contribution in [2.24, 2.45) is 29.6 Å². The van der Waals surface area contributed by atoms with Gasteiger partial charge in [0, 0.05) is 19.5 Å². The van der Waals surface area contributed by atoms with Crippen LogP contribution in [0, 0.1) is 40.9 Å². The van der Waals surface area contributed by atoms with Crippen LogP contribution in [0.15, 0.2) is 0 Å². The lowest BCUT2D eigenvalue weighted by atomic mass is 10.0. The van der Waals surface area contributed by atoms with Crippen LogP contribution >= 0.6 is 0 Å². The van der Waals surface area contributed by atoms with Gasteiger partial charge in [-0.05, 0) is 42.9 Å². The summed E-state index contributed by atoms with van der Waals surface area (Å²) < 4.78 is 0. The van der Waals surface area contributed by atoms with Crippen molar-refractivity contribution in [3.8, 4) is 6.07 Å². The summed E-state index contributed by atoms with van der Waals surface area (Å²) in [7, 11) is 1.84. The van der Waals surface area contributed by atoms with Gasteiger partial charge in [0.1, 0.15) is 0 Å². The number of hydrogen-bond acceptors (Lipinski definition) is 2. The summed E-state index contributed by atoms with van der Waals surface area (Å²) in [6.45, 7) is 0.598. The van der Waals surface area contributed by atoms with Crippen molar-refractivity contribution in [1.82, 2.24) is 4.90 Å². The highest BCUT2D eigenvalue weighted by atomic mass is 16.2. The molecule has 3 heteroatoms. The Bertz CT molecular complexity index is 343. The maximum absolute atomic E-state index is 12.2. The number of fused-ring (bicyclic) bond motifs is 5. The predicted octanol–water partition coefficient (Wildman–Crippen LogP) is 1.65. The molecule has 3 nitrogen and oxygen atoms in total. The standard InChI is InChI=1S/C13H18N2O/c1-15(6-2-5-14)13(16)12-10-8-3-4-9(7-8)11(10)12/h8-12H,2-4,6-7H2,1H3. The summed E-state index contributed by atoms with van der Waals surface area (Å²) in [6.07, 6.45) is 4.56. The molecule has 86 valence electrons. The molecule has 3 aliphatic carbocycles. The molecule has 16 heavy (non-hydrogen) atoms. The molecule has 3 fully saturated rings. The van der Waals surface area contributed by atoms with E-state index in [2.05, 4.69) is 6.07 Å². The fraction of sp³-hybridized carbons (Fsp3) is 0.846. The Kier molecular flexibility index (Phi) is 2.20. The number of carbonyl (C=O) groups is 1. The van der Waals surface area contributed by atoms with Crippen LogP contribution in [0.5, 0.6) is 0 Å². The normalized spacial score (nSPS) is 42.6. The van der Waals surface area contributed by atoms with E-state index in [0.29, 0.717) is 24.8 Å². The molecule has 3 aliphatic rings. The molecule has 4 unspecified atom stereocenters. The fourth-order valence-electron chi connectivity index (χ4n) is 4.24. The Morgan fingerprint density at radius 1 is 1.38 bits per heavy atom. The van der Waals surface area contributed by atoms with Gasteiger partial charge in [-0.3, -0.25) is 4.79 Å². The average Bonchev–Trinajstić information content (AvgIpc) is 2.73. The molecule has 0 heterocycles. The van der Waals surface area contributed by atoms with E-state index >= 15 is 0 Å². The first-order chi connectivity index (χ1) is 7.74. The topological polar surface area (TPSA) is 44.1 Å². The molecular weight excluding hydrogens is 200 g/mol. The smallest absolute Gasteiger partial charge is 0.226 e. The zero-order valence-corrected chi connectivity index (χ0v) is 9.72. The van der Waals surface area contributed by atoms with Gasteiger partial charge in [0.05, 0.1) is 12.5 Å². The molecule has 0 aromatic rings. The predicted molar refractivity (Wildman–Crippen MR) is 59.2 cm³/mol. The monoisotopic (exact) mass is 218 g/mol. The third-order valence-corrected chi connectivity index (χ3v) is 4.96. The maximum atomic E-state index is 12.2. The van der Waals surface area contributed by atoms with Crippen LogP contribution in [0.25, 0.3) is 0 Å². The molecule has 1 amide bonds. The van der Waals surface area contributed by atoms with E-state index < -0.39 is 0 Å². The lowest BCUT2D eigenvalue weighted by molar-refractivity contribution is -0.132. The minimum absolute atomic E-state index is 0.307. The van der Waals surface area contributed by atoms with Crippen LogP contribution in [0.4, 0.5) is 0 Å². The van der Waals surface area contributed by atoms with Crippen LogP contribution in [0.3, 0.4) is 0 Å². The summed E-state index contributed by atoms with van der Waals surface area (Å²) in [5, 5.41) is 8.52. The van der Waals surface area contributed by atoms with Crippen molar-refractivity contribution in [2.45, 2.75) is 25.7 Å². The van der Waals surface area contributed by atoms with Crippen molar-refractivity contribution in [2.75, 3.05) is 13.6 Å². The van der Waals surface area contributed by atoms with Crippen LogP contribution in [0.2, 0.25) is 0 Å². The highest BCUT2D eigenvalue weighted by Gasteiger charge is 2.67. The summed E-state index contributed by atoms with van der Waals surface area (Å²) >= 11 is 0. The van der Waals surface area contributed by atoms with Crippen molar-refractivity contribution >= 4 is 5.91 Å². The first-order valence-electron chi connectivity index (χ1n) is 6.36. The SMILES string of the molecule is CN(CCC#N)C(=O)C1C2C3CCC(C3)C12. The molecule has 4 atom stereocenters.